The van der Waals surface area contributed by atoms with E-state index in [0.717, 1.165) is 67.6 Å². The van der Waals surface area contributed by atoms with Gasteiger partial charge in [-0.15, -0.1) is 0 Å². The van der Waals surface area contributed by atoms with Crippen LogP contribution in [0.5, 0.6) is 0 Å². The zero-order valence-electron chi connectivity index (χ0n) is 23.8. The number of piperidine rings is 1. The molecule has 1 atom stereocenters. The van der Waals surface area contributed by atoms with Crippen molar-refractivity contribution in [2.45, 2.75) is 44.9 Å². The summed E-state index contributed by atoms with van der Waals surface area (Å²) < 4.78 is 0. The summed E-state index contributed by atoms with van der Waals surface area (Å²) in [5.74, 6) is 0.531. The first-order valence-corrected chi connectivity index (χ1v) is 15.0. The topological polar surface area (TPSA) is 49.4 Å². The van der Waals surface area contributed by atoms with Gasteiger partial charge in [0.25, 0.3) is 0 Å². The summed E-state index contributed by atoms with van der Waals surface area (Å²) in [4.78, 5) is 29.0. The fraction of sp³-hybridized carbons (Fsp3) is 0.297. The van der Waals surface area contributed by atoms with E-state index in [0.29, 0.717) is 12.3 Å². The van der Waals surface area contributed by atoms with Crippen LogP contribution in [0.1, 0.15) is 64.7 Å². The third-order valence-electron chi connectivity index (χ3n) is 8.79. The van der Waals surface area contributed by atoms with E-state index in [-0.39, 0.29) is 17.6 Å². The van der Waals surface area contributed by atoms with Gasteiger partial charge in [0.2, 0.25) is 5.91 Å². The van der Waals surface area contributed by atoms with E-state index in [1.807, 2.05) is 30.3 Å². The zero-order valence-corrected chi connectivity index (χ0v) is 23.8. The molecular formula is C37H38N2O2. The first-order valence-electron chi connectivity index (χ1n) is 15.0. The molecule has 0 spiro atoms. The first kappa shape index (κ1) is 27.0. The molecule has 1 unspecified atom stereocenters. The van der Waals surface area contributed by atoms with Crippen molar-refractivity contribution in [2.24, 2.45) is 5.92 Å². The van der Waals surface area contributed by atoms with E-state index in [9.17, 15) is 9.59 Å². The molecule has 0 aromatic heterocycles. The monoisotopic (exact) mass is 542 g/mol. The molecule has 0 bridgehead atoms. The van der Waals surface area contributed by atoms with Crippen molar-refractivity contribution in [2.75, 3.05) is 24.5 Å². The lowest BCUT2D eigenvalue weighted by Gasteiger charge is -2.37. The van der Waals surface area contributed by atoms with E-state index in [4.69, 9.17) is 0 Å². The van der Waals surface area contributed by atoms with Gasteiger partial charge in [0, 0.05) is 37.3 Å². The van der Waals surface area contributed by atoms with Crippen LogP contribution in [-0.2, 0) is 17.6 Å². The molecular weight excluding hydrogens is 504 g/mol. The Kier molecular flexibility index (Phi) is 8.00. The Hall–Kier alpha value is -4.18. The van der Waals surface area contributed by atoms with Crippen molar-refractivity contribution in [3.8, 4) is 11.1 Å². The third-order valence-corrected chi connectivity index (χ3v) is 8.79. The number of rotatable bonds is 9. The van der Waals surface area contributed by atoms with Crippen molar-refractivity contribution >= 4 is 17.4 Å². The standard InChI is InChI=1S/C37H38N2O2/c1-2-21-38-37(41)35(27-9-4-3-5-10-27)28-19-22-39(23-20-28)31-17-15-26(16-18-31)24-34(40)33-14-8-12-30-25-29-11-6-7-13-32(29)36(30)33/h3-18,28,35H,2,19-25H2,1H3,(H,38,41). The number of anilines is 1. The average molecular weight is 543 g/mol. The smallest absolute Gasteiger partial charge is 0.227 e. The molecule has 1 fully saturated rings. The Labute approximate surface area is 243 Å². The molecule has 6 rings (SSSR count). The van der Waals surface area contributed by atoms with Gasteiger partial charge in [-0.05, 0) is 77.1 Å². The summed E-state index contributed by atoms with van der Waals surface area (Å²) in [6.45, 7) is 4.64. The van der Waals surface area contributed by atoms with E-state index in [1.54, 1.807) is 0 Å². The van der Waals surface area contributed by atoms with E-state index in [2.05, 4.69) is 83.9 Å². The number of ketones is 1. The number of hydrogen-bond donors (Lipinski definition) is 1. The Bertz CT molecular complexity index is 1520. The molecule has 1 heterocycles. The number of Topliss-reactive ketones (excluding diaryl/α,β-unsaturated/α-hetero) is 1. The number of amides is 1. The molecule has 0 saturated carbocycles. The van der Waals surface area contributed by atoms with Crippen molar-refractivity contribution < 1.29 is 9.59 Å². The summed E-state index contributed by atoms with van der Waals surface area (Å²) in [6.07, 6.45) is 4.18. The molecule has 1 aliphatic heterocycles. The molecule has 0 radical (unpaired) electrons. The van der Waals surface area contributed by atoms with Crippen LogP contribution in [0.3, 0.4) is 0 Å². The lowest BCUT2D eigenvalue weighted by Crippen LogP contribution is -2.40. The van der Waals surface area contributed by atoms with Gasteiger partial charge in [-0.2, -0.15) is 0 Å². The largest absolute Gasteiger partial charge is 0.372 e. The molecule has 208 valence electrons. The number of hydrogen-bond acceptors (Lipinski definition) is 3. The van der Waals surface area contributed by atoms with Crippen molar-refractivity contribution in [1.82, 2.24) is 5.32 Å². The molecule has 4 heteroatoms. The van der Waals surface area contributed by atoms with Crippen LogP contribution in [0.25, 0.3) is 11.1 Å². The van der Waals surface area contributed by atoms with Gasteiger partial charge in [0.1, 0.15) is 0 Å². The normalized spacial score (nSPS) is 15.2. The van der Waals surface area contributed by atoms with Gasteiger partial charge in [-0.25, -0.2) is 0 Å². The van der Waals surface area contributed by atoms with E-state index >= 15 is 0 Å². The van der Waals surface area contributed by atoms with Crippen LogP contribution in [0.4, 0.5) is 5.69 Å². The summed E-state index contributed by atoms with van der Waals surface area (Å²) in [6, 6.07) is 33.3. The maximum absolute atomic E-state index is 13.5. The van der Waals surface area contributed by atoms with Crippen LogP contribution in [-0.4, -0.2) is 31.3 Å². The molecule has 4 aromatic rings. The number of carbonyl (C=O) groups is 2. The quantitative estimate of drug-likeness (QED) is 0.200. The molecule has 4 nitrogen and oxygen atoms in total. The molecule has 1 saturated heterocycles. The van der Waals surface area contributed by atoms with Crippen molar-refractivity contribution in [1.29, 1.82) is 0 Å². The van der Waals surface area contributed by atoms with Crippen LogP contribution in [0.15, 0.2) is 97.1 Å². The molecule has 1 N–H and O–H groups in total. The average Bonchev–Trinajstić information content (AvgIpc) is 3.40. The minimum Gasteiger partial charge on any atom is -0.372 e. The van der Waals surface area contributed by atoms with Gasteiger partial charge in [0.15, 0.2) is 5.78 Å². The van der Waals surface area contributed by atoms with Crippen LogP contribution >= 0.6 is 0 Å². The highest BCUT2D eigenvalue weighted by atomic mass is 16.2. The van der Waals surface area contributed by atoms with Crippen LogP contribution in [0.2, 0.25) is 0 Å². The van der Waals surface area contributed by atoms with Gasteiger partial charge in [0.05, 0.1) is 5.92 Å². The van der Waals surface area contributed by atoms with Crippen molar-refractivity contribution in [3.05, 3.63) is 125 Å². The zero-order chi connectivity index (χ0) is 28.2. The maximum Gasteiger partial charge on any atom is 0.227 e. The predicted octanol–water partition coefficient (Wildman–Crippen LogP) is 7.21. The first-order chi connectivity index (χ1) is 20.1. The number of benzene rings is 4. The number of fused-ring (bicyclic) bond motifs is 3. The number of carbonyl (C=O) groups excluding carboxylic acids is 2. The summed E-state index contributed by atoms with van der Waals surface area (Å²) in [5.41, 5.74) is 9.01. The lowest BCUT2D eigenvalue weighted by molar-refractivity contribution is -0.124. The van der Waals surface area contributed by atoms with Crippen molar-refractivity contribution in [3.63, 3.8) is 0 Å². The van der Waals surface area contributed by atoms with Gasteiger partial charge in [-0.1, -0.05) is 91.9 Å². The van der Waals surface area contributed by atoms with Gasteiger partial charge < -0.3 is 10.2 Å². The number of nitrogens with zero attached hydrogens (tertiary/aromatic N) is 1. The summed E-state index contributed by atoms with van der Waals surface area (Å²) >= 11 is 0. The second-order valence-electron chi connectivity index (χ2n) is 11.4. The van der Waals surface area contributed by atoms with E-state index in [1.165, 1.54) is 22.4 Å². The summed E-state index contributed by atoms with van der Waals surface area (Å²) in [5, 5.41) is 3.14. The Morgan fingerprint density at radius 2 is 1.54 bits per heavy atom. The summed E-state index contributed by atoms with van der Waals surface area (Å²) in [7, 11) is 0. The number of nitrogens with one attached hydrogen (secondary N) is 1. The highest BCUT2D eigenvalue weighted by Gasteiger charge is 2.32. The Morgan fingerprint density at radius 1 is 0.829 bits per heavy atom. The molecule has 4 aromatic carbocycles. The predicted molar refractivity (Wildman–Crippen MR) is 167 cm³/mol. The molecule has 41 heavy (non-hydrogen) atoms. The maximum atomic E-state index is 13.5. The van der Waals surface area contributed by atoms with Gasteiger partial charge in [-0.3, -0.25) is 9.59 Å². The highest BCUT2D eigenvalue weighted by molar-refractivity contribution is 6.05. The van der Waals surface area contributed by atoms with Gasteiger partial charge >= 0.3 is 0 Å². The Morgan fingerprint density at radius 3 is 2.29 bits per heavy atom. The molecule has 1 amide bonds. The molecule has 1 aliphatic carbocycles. The highest BCUT2D eigenvalue weighted by Crippen LogP contribution is 2.39. The van der Waals surface area contributed by atoms with Crippen LogP contribution in [0, 0.1) is 5.92 Å². The minimum absolute atomic E-state index is 0.107. The SMILES string of the molecule is CCCNC(=O)C(c1ccccc1)C1CCN(c2ccc(CC(=O)c3cccc4c3-c3ccccc3C4)cc2)CC1. The second kappa shape index (κ2) is 12.1. The second-order valence-corrected chi connectivity index (χ2v) is 11.4. The lowest BCUT2D eigenvalue weighted by atomic mass is 9.79. The van der Waals surface area contributed by atoms with Crippen LogP contribution < -0.4 is 10.2 Å². The minimum atomic E-state index is -0.107. The fourth-order valence-electron chi connectivity index (χ4n) is 6.67. The van der Waals surface area contributed by atoms with E-state index < -0.39 is 0 Å². The fourth-order valence-corrected chi connectivity index (χ4v) is 6.67. The third kappa shape index (κ3) is 5.69. The molecule has 2 aliphatic rings. The Balaban J connectivity index is 1.11.